The lowest BCUT2D eigenvalue weighted by Gasteiger charge is -2.45. The molecule has 1 aliphatic rings. The largest absolute Gasteiger partial charge is 0.465 e. The van der Waals surface area contributed by atoms with Crippen LogP contribution < -0.4 is 0 Å². The van der Waals surface area contributed by atoms with Gasteiger partial charge in [-0.1, -0.05) is 49.0 Å². The van der Waals surface area contributed by atoms with Gasteiger partial charge in [-0.2, -0.15) is 0 Å². The van der Waals surface area contributed by atoms with Crippen molar-refractivity contribution in [3.63, 3.8) is 0 Å². The van der Waals surface area contributed by atoms with Gasteiger partial charge < -0.3 is 9.47 Å². The van der Waals surface area contributed by atoms with Gasteiger partial charge in [-0.05, 0) is 48.6 Å². The maximum absolute atomic E-state index is 12.7. The number of carbonyl (C=O) groups excluding carboxylic acids is 2. The molecule has 136 valence electrons. The Bertz CT molecular complexity index is 829. The average Bonchev–Trinajstić information content (AvgIpc) is 2.61. The van der Waals surface area contributed by atoms with Gasteiger partial charge in [-0.15, -0.1) is 0 Å². The minimum absolute atomic E-state index is 0.230. The molecule has 0 amide bonds. The first kappa shape index (κ1) is 18.2. The summed E-state index contributed by atoms with van der Waals surface area (Å²) in [6.45, 7) is 8.20. The van der Waals surface area contributed by atoms with Gasteiger partial charge in [0.25, 0.3) is 0 Å². The monoisotopic (exact) mass is 352 g/mol. The first-order chi connectivity index (χ1) is 12.6. The molecule has 0 spiro atoms. The van der Waals surface area contributed by atoms with E-state index in [0.29, 0.717) is 12.8 Å². The Balaban J connectivity index is 2.02. The van der Waals surface area contributed by atoms with E-state index >= 15 is 0 Å². The van der Waals surface area contributed by atoms with Crippen LogP contribution in [0, 0.1) is 11.3 Å². The van der Waals surface area contributed by atoms with Gasteiger partial charge in [0.15, 0.2) is 5.41 Å². The molecule has 1 saturated carbocycles. The van der Waals surface area contributed by atoms with Crippen LogP contribution >= 0.6 is 0 Å². The maximum atomic E-state index is 12.7. The molecule has 2 aromatic rings. The fourth-order valence-corrected chi connectivity index (χ4v) is 3.83. The summed E-state index contributed by atoms with van der Waals surface area (Å²) in [6.07, 6.45) is 1.14. The van der Waals surface area contributed by atoms with E-state index in [0.717, 1.165) is 21.9 Å². The number of hydrogen-bond acceptors (Lipinski definition) is 4. The van der Waals surface area contributed by atoms with Gasteiger partial charge in [0.1, 0.15) is 0 Å². The molecule has 1 aliphatic carbocycles. The quantitative estimate of drug-likeness (QED) is 0.572. The number of ether oxygens (including phenoxy) is 2. The summed E-state index contributed by atoms with van der Waals surface area (Å²) in [5.41, 5.74) is 0.472. The third-order valence-electron chi connectivity index (χ3n) is 5.26. The first-order valence-electron chi connectivity index (χ1n) is 9.07. The second-order valence-electron chi connectivity index (χ2n) is 6.56. The standard InChI is InChI=1S/C22H24O4/c1-4-25-20(23)22(21(24)26-5-2)14-13-19(22)15(3)17-12-8-10-16-9-6-7-11-18(16)17/h6-12,19H,3-5,13-14H2,1-2H3. The second-order valence-corrected chi connectivity index (χ2v) is 6.56. The predicted octanol–water partition coefficient (Wildman–Crippen LogP) is 4.38. The highest BCUT2D eigenvalue weighted by Crippen LogP contribution is 2.54. The molecule has 26 heavy (non-hydrogen) atoms. The molecule has 0 N–H and O–H groups in total. The zero-order valence-electron chi connectivity index (χ0n) is 15.3. The van der Waals surface area contributed by atoms with E-state index in [1.54, 1.807) is 13.8 Å². The summed E-state index contributed by atoms with van der Waals surface area (Å²) in [5.74, 6) is -1.32. The summed E-state index contributed by atoms with van der Waals surface area (Å²) < 4.78 is 10.5. The summed E-state index contributed by atoms with van der Waals surface area (Å²) in [4.78, 5) is 25.4. The number of fused-ring (bicyclic) bond motifs is 1. The molecule has 0 saturated heterocycles. The Morgan fingerprint density at radius 2 is 1.65 bits per heavy atom. The molecule has 0 heterocycles. The molecule has 1 unspecified atom stereocenters. The highest BCUT2D eigenvalue weighted by Gasteiger charge is 2.61. The van der Waals surface area contributed by atoms with Gasteiger partial charge in [-0.3, -0.25) is 9.59 Å². The van der Waals surface area contributed by atoms with Crippen molar-refractivity contribution in [2.45, 2.75) is 26.7 Å². The third-order valence-corrected chi connectivity index (χ3v) is 5.26. The summed E-state index contributed by atoms with van der Waals surface area (Å²) >= 11 is 0. The molecule has 0 radical (unpaired) electrons. The van der Waals surface area contributed by atoms with Crippen molar-refractivity contribution in [2.24, 2.45) is 11.3 Å². The highest BCUT2D eigenvalue weighted by molar-refractivity contribution is 6.05. The highest BCUT2D eigenvalue weighted by atomic mass is 16.6. The van der Waals surface area contributed by atoms with Crippen LogP contribution in [0.3, 0.4) is 0 Å². The Kier molecular flexibility index (Phi) is 5.12. The van der Waals surface area contributed by atoms with E-state index in [1.807, 2.05) is 42.5 Å². The van der Waals surface area contributed by atoms with E-state index in [1.165, 1.54) is 0 Å². The average molecular weight is 352 g/mol. The van der Waals surface area contributed by atoms with Crippen LogP contribution in [0.2, 0.25) is 0 Å². The number of allylic oxidation sites excluding steroid dienone is 1. The Labute approximate surface area is 153 Å². The van der Waals surface area contributed by atoms with E-state index < -0.39 is 17.4 Å². The van der Waals surface area contributed by atoms with E-state index in [2.05, 4.69) is 6.58 Å². The number of hydrogen-bond donors (Lipinski definition) is 0. The second kappa shape index (κ2) is 7.32. The molecular formula is C22H24O4. The van der Waals surface area contributed by atoms with Gasteiger partial charge in [0, 0.05) is 5.92 Å². The number of rotatable bonds is 6. The van der Waals surface area contributed by atoms with Crippen molar-refractivity contribution >= 4 is 28.3 Å². The fourth-order valence-electron chi connectivity index (χ4n) is 3.83. The third kappa shape index (κ3) is 2.79. The van der Waals surface area contributed by atoms with Crippen molar-refractivity contribution in [3.8, 4) is 0 Å². The van der Waals surface area contributed by atoms with Gasteiger partial charge in [0.2, 0.25) is 0 Å². The lowest BCUT2D eigenvalue weighted by molar-refractivity contribution is -0.183. The molecular weight excluding hydrogens is 328 g/mol. The zero-order chi connectivity index (χ0) is 18.7. The van der Waals surface area contributed by atoms with Crippen molar-refractivity contribution < 1.29 is 19.1 Å². The van der Waals surface area contributed by atoms with Crippen molar-refractivity contribution in [1.29, 1.82) is 0 Å². The van der Waals surface area contributed by atoms with E-state index in [4.69, 9.17) is 9.47 Å². The molecule has 4 nitrogen and oxygen atoms in total. The Morgan fingerprint density at radius 3 is 2.23 bits per heavy atom. The molecule has 0 bridgehead atoms. The van der Waals surface area contributed by atoms with Crippen LogP contribution in [0.25, 0.3) is 16.3 Å². The lowest BCUT2D eigenvalue weighted by Crippen LogP contribution is -2.54. The molecule has 4 heteroatoms. The topological polar surface area (TPSA) is 52.6 Å². The van der Waals surface area contributed by atoms with Crippen molar-refractivity contribution in [1.82, 2.24) is 0 Å². The first-order valence-corrected chi connectivity index (χ1v) is 9.07. The zero-order valence-corrected chi connectivity index (χ0v) is 15.3. The molecule has 0 aliphatic heterocycles. The Hall–Kier alpha value is -2.62. The lowest BCUT2D eigenvalue weighted by atomic mass is 9.56. The van der Waals surface area contributed by atoms with E-state index in [-0.39, 0.29) is 19.1 Å². The van der Waals surface area contributed by atoms with Crippen LogP contribution in [0.5, 0.6) is 0 Å². The molecule has 3 rings (SSSR count). The van der Waals surface area contributed by atoms with Crippen LogP contribution in [0.4, 0.5) is 0 Å². The summed E-state index contributed by atoms with van der Waals surface area (Å²) in [5, 5.41) is 2.16. The Morgan fingerprint density at radius 1 is 1.04 bits per heavy atom. The fraction of sp³-hybridized carbons (Fsp3) is 0.364. The maximum Gasteiger partial charge on any atom is 0.324 e. The summed E-state index contributed by atoms with van der Waals surface area (Å²) in [6, 6.07) is 14.0. The van der Waals surface area contributed by atoms with Crippen LogP contribution in [0.1, 0.15) is 32.3 Å². The number of esters is 2. The molecule has 1 fully saturated rings. The minimum Gasteiger partial charge on any atom is -0.465 e. The van der Waals surface area contributed by atoms with Gasteiger partial charge in [0.05, 0.1) is 13.2 Å². The smallest absolute Gasteiger partial charge is 0.324 e. The van der Waals surface area contributed by atoms with Crippen molar-refractivity contribution in [2.75, 3.05) is 13.2 Å². The van der Waals surface area contributed by atoms with Crippen LogP contribution in [-0.4, -0.2) is 25.2 Å². The van der Waals surface area contributed by atoms with Crippen LogP contribution in [0.15, 0.2) is 49.0 Å². The van der Waals surface area contributed by atoms with E-state index in [9.17, 15) is 9.59 Å². The normalized spacial score (nSPS) is 18.0. The molecule has 2 aromatic carbocycles. The number of carbonyl (C=O) groups is 2. The van der Waals surface area contributed by atoms with Gasteiger partial charge >= 0.3 is 11.9 Å². The number of benzene rings is 2. The SMILES string of the molecule is C=C(c1cccc2ccccc12)C1CCC1(C(=O)OCC)C(=O)OCC. The predicted molar refractivity (Wildman–Crippen MR) is 101 cm³/mol. The van der Waals surface area contributed by atoms with Crippen LogP contribution in [-0.2, 0) is 19.1 Å². The molecule has 1 atom stereocenters. The van der Waals surface area contributed by atoms with Crippen molar-refractivity contribution in [3.05, 3.63) is 54.6 Å². The minimum atomic E-state index is -1.28. The van der Waals surface area contributed by atoms with Gasteiger partial charge in [-0.25, -0.2) is 0 Å². The molecule has 0 aromatic heterocycles. The summed E-state index contributed by atoms with van der Waals surface area (Å²) in [7, 11) is 0.